The standard InChI is InChI=1S/C18H19NO2/c1-11-4-3-5-14-16(21-2)7-6-15(17(11)14)18(20)19-9-12-8-13(12)10-19/h3-7,12-13H,8-10H2,1-2H3. The zero-order chi connectivity index (χ0) is 14.6. The zero-order valence-electron chi connectivity index (χ0n) is 12.4. The number of nitrogens with zero attached hydrogens (tertiary/aromatic N) is 1. The molecule has 1 heterocycles. The summed E-state index contributed by atoms with van der Waals surface area (Å²) in [4.78, 5) is 14.9. The molecule has 0 bridgehead atoms. The Bertz CT molecular complexity index is 727. The first kappa shape index (κ1) is 12.7. The third-order valence-corrected chi connectivity index (χ3v) is 4.93. The topological polar surface area (TPSA) is 29.5 Å². The molecule has 1 aliphatic carbocycles. The van der Waals surface area contributed by atoms with Crippen molar-refractivity contribution in [3.8, 4) is 5.75 Å². The second-order valence-electron chi connectivity index (χ2n) is 6.28. The minimum atomic E-state index is 0.171. The maximum absolute atomic E-state index is 12.9. The number of amides is 1. The molecule has 2 aromatic carbocycles. The molecular weight excluding hydrogens is 262 g/mol. The molecule has 2 atom stereocenters. The Morgan fingerprint density at radius 3 is 2.67 bits per heavy atom. The van der Waals surface area contributed by atoms with Crippen molar-refractivity contribution in [2.75, 3.05) is 20.2 Å². The smallest absolute Gasteiger partial charge is 0.254 e. The lowest BCUT2D eigenvalue weighted by Crippen LogP contribution is -2.30. The van der Waals surface area contributed by atoms with E-state index in [0.29, 0.717) is 0 Å². The van der Waals surface area contributed by atoms with Gasteiger partial charge in [-0.25, -0.2) is 0 Å². The van der Waals surface area contributed by atoms with Gasteiger partial charge in [-0.15, -0.1) is 0 Å². The van der Waals surface area contributed by atoms with Crippen molar-refractivity contribution < 1.29 is 9.53 Å². The molecule has 1 aliphatic heterocycles. The lowest BCUT2D eigenvalue weighted by atomic mass is 9.98. The van der Waals surface area contributed by atoms with E-state index >= 15 is 0 Å². The summed E-state index contributed by atoms with van der Waals surface area (Å²) in [7, 11) is 1.67. The fourth-order valence-electron chi connectivity index (χ4n) is 3.65. The summed E-state index contributed by atoms with van der Waals surface area (Å²) in [5.74, 6) is 2.53. The van der Waals surface area contributed by atoms with Gasteiger partial charge in [-0.3, -0.25) is 4.79 Å². The largest absolute Gasteiger partial charge is 0.496 e. The molecular formula is C18H19NO2. The van der Waals surface area contributed by atoms with E-state index in [2.05, 4.69) is 13.0 Å². The second kappa shape index (κ2) is 4.48. The summed E-state index contributed by atoms with van der Waals surface area (Å²) in [6, 6.07) is 9.92. The maximum Gasteiger partial charge on any atom is 0.254 e. The van der Waals surface area contributed by atoms with Crippen LogP contribution in [-0.2, 0) is 0 Å². The Hall–Kier alpha value is -2.03. The van der Waals surface area contributed by atoms with Crippen molar-refractivity contribution in [1.82, 2.24) is 4.90 Å². The van der Waals surface area contributed by atoms with Gasteiger partial charge in [-0.2, -0.15) is 0 Å². The number of rotatable bonds is 2. The molecule has 0 N–H and O–H groups in total. The molecule has 108 valence electrons. The number of piperidine rings is 1. The molecule has 2 aromatic rings. The number of hydrogen-bond donors (Lipinski definition) is 0. The number of carbonyl (C=O) groups is 1. The number of aryl methyl sites for hydroxylation is 1. The molecule has 2 unspecified atom stereocenters. The van der Waals surface area contributed by atoms with Crippen molar-refractivity contribution in [3.05, 3.63) is 41.5 Å². The first-order valence-corrected chi connectivity index (χ1v) is 7.54. The quantitative estimate of drug-likeness (QED) is 0.845. The highest BCUT2D eigenvalue weighted by molar-refractivity contribution is 6.10. The third kappa shape index (κ3) is 1.91. The van der Waals surface area contributed by atoms with E-state index in [-0.39, 0.29) is 5.91 Å². The Morgan fingerprint density at radius 1 is 1.19 bits per heavy atom. The maximum atomic E-state index is 12.9. The highest BCUT2D eigenvalue weighted by Gasteiger charge is 2.46. The number of benzene rings is 2. The predicted octanol–water partition coefficient (Wildman–Crippen LogP) is 3.25. The lowest BCUT2D eigenvalue weighted by Gasteiger charge is -2.20. The van der Waals surface area contributed by atoms with Gasteiger partial charge in [0.15, 0.2) is 0 Å². The molecule has 1 saturated carbocycles. The molecule has 0 aromatic heterocycles. The van der Waals surface area contributed by atoms with Gasteiger partial charge in [0.25, 0.3) is 5.91 Å². The van der Waals surface area contributed by atoms with Crippen molar-refractivity contribution >= 4 is 16.7 Å². The van der Waals surface area contributed by atoms with Crippen LogP contribution in [0.4, 0.5) is 0 Å². The number of carbonyl (C=O) groups excluding carboxylic acids is 1. The van der Waals surface area contributed by atoms with Crippen LogP contribution in [0, 0.1) is 18.8 Å². The first-order chi connectivity index (χ1) is 10.2. The van der Waals surface area contributed by atoms with Crippen LogP contribution in [0.15, 0.2) is 30.3 Å². The Labute approximate surface area is 124 Å². The molecule has 4 rings (SSSR count). The van der Waals surface area contributed by atoms with E-state index < -0.39 is 0 Å². The Kier molecular flexibility index (Phi) is 2.71. The molecule has 1 saturated heterocycles. The van der Waals surface area contributed by atoms with Crippen LogP contribution in [-0.4, -0.2) is 31.0 Å². The van der Waals surface area contributed by atoms with Crippen LogP contribution in [0.2, 0.25) is 0 Å². The van der Waals surface area contributed by atoms with Gasteiger partial charge in [0, 0.05) is 29.4 Å². The van der Waals surface area contributed by atoms with Crippen molar-refractivity contribution in [1.29, 1.82) is 0 Å². The molecule has 3 heteroatoms. The van der Waals surface area contributed by atoms with E-state index in [9.17, 15) is 4.79 Å². The average molecular weight is 281 g/mol. The Balaban J connectivity index is 1.83. The van der Waals surface area contributed by atoms with Crippen molar-refractivity contribution in [2.24, 2.45) is 11.8 Å². The molecule has 1 amide bonds. The molecule has 2 aliphatic rings. The van der Waals surface area contributed by atoms with E-state index in [0.717, 1.165) is 52.6 Å². The van der Waals surface area contributed by atoms with E-state index in [1.165, 1.54) is 6.42 Å². The number of hydrogen-bond acceptors (Lipinski definition) is 2. The van der Waals surface area contributed by atoms with Crippen LogP contribution in [0.3, 0.4) is 0 Å². The van der Waals surface area contributed by atoms with E-state index in [1.807, 2.05) is 29.2 Å². The minimum Gasteiger partial charge on any atom is -0.496 e. The second-order valence-corrected chi connectivity index (χ2v) is 6.28. The molecule has 0 spiro atoms. The molecule has 3 nitrogen and oxygen atoms in total. The van der Waals surface area contributed by atoms with Crippen molar-refractivity contribution in [3.63, 3.8) is 0 Å². The van der Waals surface area contributed by atoms with Gasteiger partial charge in [-0.1, -0.05) is 18.2 Å². The molecule has 21 heavy (non-hydrogen) atoms. The summed E-state index contributed by atoms with van der Waals surface area (Å²) in [6.45, 7) is 3.92. The van der Waals surface area contributed by atoms with Gasteiger partial charge >= 0.3 is 0 Å². The number of fused-ring (bicyclic) bond motifs is 2. The normalized spacial score (nSPS) is 23.2. The van der Waals surface area contributed by atoms with Gasteiger partial charge in [0.05, 0.1) is 7.11 Å². The summed E-state index contributed by atoms with van der Waals surface area (Å²) in [5, 5.41) is 2.05. The highest BCUT2D eigenvalue weighted by atomic mass is 16.5. The van der Waals surface area contributed by atoms with Crippen LogP contribution < -0.4 is 4.74 Å². The lowest BCUT2D eigenvalue weighted by molar-refractivity contribution is 0.0777. The van der Waals surface area contributed by atoms with E-state index in [1.54, 1.807) is 7.11 Å². The fraction of sp³-hybridized carbons (Fsp3) is 0.389. The van der Waals surface area contributed by atoms with Gasteiger partial charge in [0.1, 0.15) is 5.75 Å². The minimum absolute atomic E-state index is 0.171. The molecule has 0 radical (unpaired) electrons. The number of ether oxygens (including phenoxy) is 1. The summed E-state index contributed by atoms with van der Waals surface area (Å²) in [6.07, 6.45) is 1.31. The third-order valence-electron chi connectivity index (χ3n) is 4.93. The predicted molar refractivity (Wildman–Crippen MR) is 82.7 cm³/mol. The van der Waals surface area contributed by atoms with Crippen LogP contribution in [0.5, 0.6) is 5.75 Å². The summed E-state index contributed by atoms with van der Waals surface area (Å²) < 4.78 is 5.44. The Morgan fingerprint density at radius 2 is 1.95 bits per heavy atom. The van der Waals surface area contributed by atoms with Crippen LogP contribution >= 0.6 is 0 Å². The summed E-state index contributed by atoms with van der Waals surface area (Å²) >= 11 is 0. The average Bonchev–Trinajstić information content (AvgIpc) is 3.12. The number of likely N-dealkylation sites (tertiary alicyclic amines) is 1. The van der Waals surface area contributed by atoms with Gasteiger partial charge in [-0.05, 0) is 42.9 Å². The first-order valence-electron chi connectivity index (χ1n) is 7.54. The van der Waals surface area contributed by atoms with Gasteiger partial charge < -0.3 is 9.64 Å². The van der Waals surface area contributed by atoms with E-state index in [4.69, 9.17) is 4.74 Å². The highest BCUT2D eigenvalue weighted by Crippen LogP contribution is 2.45. The molecule has 2 fully saturated rings. The van der Waals surface area contributed by atoms with Gasteiger partial charge in [0.2, 0.25) is 0 Å². The zero-order valence-corrected chi connectivity index (χ0v) is 12.4. The number of methoxy groups -OCH3 is 1. The summed E-state index contributed by atoms with van der Waals surface area (Å²) in [5.41, 5.74) is 1.93. The van der Waals surface area contributed by atoms with Crippen molar-refractivity contribution in [2.45, 2.75) is 13.3 Å². The fourth-order valence-corrected chi connectivity index (χ4v) is 3.65. The van der Waals surface area contributed by atoms with Crippen LogP contribution in [0.25, 0.3) is 10.8 Å². The van der Waals surface area contributed by atoms with Crippen LogP contribution in [0.1, 0.15) is 22.3 Å². The monoisotopic (exact) mass is 281 g/mol. The SMILES string of the molecule is COc1ccc(C(=O)N2CC3CC3C2)c2c(C)cccc12.